The van der Waals surface area contributed by atoms with E-state index >= 15 is 0 Å². The van der Waals surface area contributed by atoms with Crippen LogP contribution >= 0.6 is 0 Å². The Bertz CT molecular complexity index is 831. The number of aromatic nitrogens is 1. The van der Waals surface area contributed by atoms with Gasteiger partial charge in [0, 0.05) is 24.2 Å². The van der Waals surface area contributed by atoms with E-state index in [4.69, 9.17) is 4.74 Å². The number of hydrogen-bond donors (Lipinski definition) is 0. The van der Waals surface area contributed by atoms with E-state index in [1.54, 1.807) is 4.90 Å². The first kappa shape index (κ1) is 18.4. The Labute approximate surface area is 154 Å². The molecule has 1 amide bonds. The Hall–Kier alpha value is -2.43. The molecule has 0 aliphatic carbocycles. The number of nitrogens with zero attached hydrogens (tertiary/aromatic N) is 2. The molecule has 1 fully saturated rings. The lowest BCUT2D eigenvalue weighted by Gasteiger charge is -2.30. The van der Waals surface area contributed by atoms with Crippen LogP contribution in [0, 0.1) is 12.8 Å². The number of carbonyl (C=O) groups is 2. The summed E-state index contributed by atoms with van der Waals surface area (Å²) in [4.78, 5) is 31.6. The van der Waals surface area contributed by atoms with Crippen molar-refractivity contribution in [1.82, 2.24) is 9.88 Å². The van der Waals surface area contributed by atoms with Gasteiger partial charge in [0.2, 0.25) is 0 Å². The van der Waals surface area contributed by atoms with Gasteiger partial charge in [0.05, 0.1) is 11.1 Å². The zero-order valence-electron chi connectivity index (χ0n) is 15.7. The molecular weight excluding hydrogens is 328 g/mol. The second-order valence-electron chi connectivity index (χ2n) is 7.09. The first-order valence-electron chi connectivity index (χ1n) is 9.34. The van der Waals surface area contributed by atoms with Crippen molar-refractivity contribution in [3.63, 3.8) is 0 Å². The van der Waals surface area contributed by atoms with E-state index in [2.05, 4.69) is 11.9 Å². The highest BCUT2D eigenvalue weighted by atomic mass is 16.5. The highest BCUT2D eigenvalue weighted by molar-refractivity contribution is 6.05. The van der Waals surface area contributed by atoms with Gasteiger partial charge in [-0.2, -0.15) is 0 Å². The third-order valence-corrected chi connectivity index (χ3v) is 5.11. The Kier molecular flexibility index (Phi) is 5.55. The molecule has 26 heavy (non-hydrogen) atoms. The topological polar surface area (TPSA) is 59.5 Å². The minimum atomic E-state index is -0.450. The largest absolute Gasteiger partial charge is 0.452 e. The number of ether oxygens (including phenoxy) is 1. The summed E-state index contributed by atoms with van der Waals surface area (Å²) in [5, 5.41) is 0.770. The van der Waals surface area contributed by atoms with Crippen molar-refractivity contribution in [2.24, 2.45) is 5.92 Å². The monoisotopic (exact) mass is 354 g/mol. The average Bonchev–Trinajstić information content (AvgIpc) is 2.65. The number of pyridine rings is 1. The maximum atomic E-state index is 12.8. The smallest absolute Gasteiger partial charge is 0.339 e. The molecule has 0 radical (unpaired) electrons. The summed E-state index contributed by atoms with van der Waals surface area (Å²) < 4.78 is 5.41. The van der Waals surface area contributed by atoms with Gasteiger partial charge in [-0.3, -0.25) is 9.78 Å². The fourth-order valence-corrected chi connectivity index (χ4v) is 3.67. The van der Waals surface area contributed by atoms with Crippen LogP contribution in [0.5, 0.6) is 0 Å². The molecule has 1 atom stereocenters. The molecule has 0 spiro atoms. The van der Waals surface area contributed by atoms with E-state index in [1.807, 2.05) is 38.1 Å². The van der Waals surface area contributed by atoms with Crippen molar-refractivity contribution in [3.05, 3.63) is 41.1 Å². The average molecular weight is 354 g/mol. The van der Waals surface area contributed by atoms with Gasteiger partial charge >= 0.3 is 5.97 Å². The maximum Gasteiger partial charge on any atom is 0.339 e. The number of carbonyl (C=O) groups excluding carboxylic acids is 2. The van der Waals surface area contributed by atoms with Gasteiger partial charge in [0.15, 0.2) is 6.61 Å². The number of para-hydroxylation sites is 1. The first-order valence-corrected chi connectivity index (χ1v) is 9.34. The van der Waals surface area contributed by atoms with E-state index in [-0.39, 0.29) is 12.5 Å². The molecule has 2 aromatic rings. The van der Waals surface area contributed by atoms with Crippen LogP contribution in [0.2, 0.25) is 0 Å². The summed E-state index contributed by atoms with van der Waals surface area (Å²) >= 11 is 0. The lowest BCUT2D eigenvalue weighted by atomic mass is 10.00. The van der Waals surface area contributed by atoms with Crippen LogP contribution in [0.15, 0.2) is 24.3 Å². The minimum absolute atomic E-state index is 0.114. The third kappa shape index (κ3) is 3.71. The number of amides is 1. The predicted molar refractivity (Wildman–Crippen MR) is 101 cm³/mol. The molecule has 2 heterocycles. The first-order chi connectivity index (χ1) is 12.5. The molecule has 0 saturated carbocycles. The summed E-state index contributed by atoms with van der Waals surface area (Å²) in [5.74, 6) is -0.0623. The number of benzene rings is 1. The standard InChI is InChI=1S/C21H26N2O3/c1-4-17-15(3)20(16-9-5-6-10-18(16)22-17)21(25)26-13-19(24)23-11-7-8-14(2)12-23/h5-6,9-10,14H,4,7-8,11-13H2,1-3H3/t14-/m0/s1. The highest BCUT2D eigenvalue weighted by Crippen LogP contribution is 2.24. The zero-order valence-corrected chi connectivity index (χ0v) is 15.7. The van der Waals surface area contributed by atoms with Gasteiger partial charge in [-0.05, 0) is 43.7 Å². The van der Waals surface area contributed by atoms with E-state index < -0.39 is 5.97 Å². The van der Waals surface area contributed by atoms with E-state index in [0.717, 1.165) is 54.5 Å². The lowest BCUT2D eigenvalue weighted by Crippen LogP contribution is -2.41. The Morgan fingerprint density at radius 1 is 1.31 bits per heavy atom. The molecule has 5 heteroatoms. The summed E-state index contributed by atoms with van der Waals surface area (Å²) in [7, 11) is 0. The molecular formula is C21H26N2O3. The molecule has 0 N–H and O–H groups in total. The second kappa shape index (κ2) is 7.85. The molecule has 1 aromatic carbocycles. The van der Waals surface area contributed by atoms with Crippen LogP contribution in [-0.4, -0.2) is 41.5 Å². The summed E-state index contributed by atoms with van der Waals surface area (Å²) in [6.07, 6.45) is 2.89. The van der Waals surface area contributed by atoms with Gasteiger partial charge in [-0.1, -0.05) is 32.0 Å². The molecule has 3 rings (SSSR count). The molecule has 0 bridgehead atoms. The van der Waals surface area contributed by atoms with Gasteiger partial charge in [-0.15, -0.1) is 0 Å². The van der Waals surface area contributed by atoms with E-state index in [9.17, 15) is 9.59 Å². The minimum Gasteiger partial charge on any atom is -0.452 e. The highest BCUT2D eigenvalue weighted by Gasteiger charge is 2.23. The number of rotatable bonds is 4. The second-order valence-corrected chi connectivity index (χ2v) is 7.09. The quantitative estimate of drug-likeness (QED) is 0.788. The molecule has 1 aromatic heterocycles. The van der Waals surface area contributed by atoms with Gasteiger partial charge in [0.1, 0.15) is 0 Å². The number of likely N-dealkylation sites (tertiary alicyclic amines) is 1. The molecule has 1 aliphatic heterocycles. The molecule has 5 nitrogen and oxygen atoms in total. The Morgan fingerprint density at radius 2 is 2.08 bits per heavy atom. The SMILES string of the molecule is CCc1nc2ccccc2c(C(=O)OCC(=O)N2CCC[C@H](C)C2)c1C. The summed E-state index contributed by atoms with van der Waals surface area (Å²) in [6, 6.07) is 7.55. The number of hydrogen-bond acceptors (Lipinski definition) is 4. The fraction of sp³-hybridized carbons (Fsp3) is 0.476. The van der Waals surface area contributed by atoms with Crippen LogP contribution in [0.25, 0.3) is 10.9 Å². The van der Waals surface area contributed by atoms with Crippen molar-refractivity contribution in [2.75, 3.05) is 19.7 Å². The normalized spacial score (nSPS) is 17.3. The Balaban J connectivity index is 1.79. The number of aryl methyl sites for hydroxylation is 1. The summed E-state index contributed by atoms with van der Waals surface area (Å²) in [5.41, 5.74) is 3.01. The van der Waals surface area contributed by atoms with Gasteiger partial charge in [0.25, 0.3) is 5.91 Å². The van der Waals surface area contributed by atoms with Crippen LogP contribution in [0.3, 0.4) is 0 Å². The van der Waals surface area contributed by atoms with Gasteiger partial charge < -0.3 is 9.64 Å². The molecule has 0 unspecified atom stereocenters. The van der Waals surface area contributed by atoms with Crippen LogP contribution < -0.4 is 0 Å². The molecule has 1 aliphatic rings. The zero-order chi connectivity index (χ0) is 18.7. The summed E-state index contributed by atoms with van der Waals surface area (Å²) in [6.45, 7) is 7.34. The van der Waals surface area contributed by atoms with Crippen molar-refractivity contribution in [1.29, 1.82) is 0 Å². The van der Waals surface area contributed by atoms with Crippen LogP contribution in [-0.2, 0) is 16.0 Å². The number of fused-ring (bicyclic) bond motifs is 1. The van der Waals surface area contributed by atoms with Gasteiger partial charge in [-0.25, -0.2) is 4.79 Å². The van der Waals surface area contributed by atoms with Crippen LogP contribution in [0.1, 0.15) is 48.3 Å². The van der Waals surface area contributed by atoms with Crippen LogP contribution in [0.4, 0.5) is 0 Å². The van der Waals surface area contributed by atoms with Crippen molar-refractivity contribution in [3.8, 4) is 0 Å². The fourth-order valence-electron chi connectivity index (χ4n) is 3.67. The van der Waals surface area contributed by atoms with Crippen molar-refractivity contribution < 1.29 is 14.3 Å². The van der Waals surface area contributed by atoms with E-state index in [0.29, 0.717) is 11.5 Å². The number of esters is 1. The van der Waals surface area contributed by atoms with Crippen molar-refractivity contribution >= 4 is 22.8 Å². The Morgan fingerprint density at radius 3 is 2.81 bits per heavy atom. The third-order valence-electron chi connectivity index (χ3n) is 5.11. The lowest BCUT2D eigenvalue weighted by molar-refractivity contribution is -0.136. The molecule has 1 saturated heterocycles. The predicted octanol–water partition coefficient (Wildman–Crippen LogP) is 3.52. The maximum absolute atomic E-state index is 12.8. The van der Waals surface area contributed by atoms with Crippen molar-refractivity contribution in [2.45, 2.75) is 40.0 Å². The molecule has 138 valence electrons. The number of piperidine rings is 1. The van der Waals surface area contributed by atoms with E-state index in [1.165, 1.54) is 0 Å².